The van der Waals surface area contributed by atoms with Gasteiger partial charge in [-0.15, -0.1) is 11.3 Å². The monoisotopic (exact) mass is 439 g/mol. The van der Waals surface area contributed by atoms with E-state index in [2.05, 4.69) is 35.3 Å². The largest absolute Gasteiger partial charge is 0.506 e. The molecule has 0 saturated heterocycles. The molecule has 4 aromatic carbocycles. The summed E-state index contributed by atoms with van der Waals surface area (Å²) in [6.07, 6.45) is -2.86. The summed E-state index contributed by atoms with van der Waals surface area (Å²) in [4.78, 5) is 4.07. The van der Waals surface area contributed by atoms with Crippen LogP contribution in [0, 0.1) is 0 Å². The summed E-state index contributed by atoms with van der Waals surface area (Å²) in [6.45, 7) is 0. The SMILES string of the molecule is OC1=C(O)C(O)C(O)c2sc3c4[nH]c5c6ccccc6ccc5c4c4ccccc4c3c21. The van der Waals surface area contributed by atoms with Crippen LogP contribution in [0.2, 0.25) is 0 Å². The van der Waals surface area contributed by atoms with Crippen LogP contribution in [0.3, 0.4) is 0 Å². The highest BCUT2D eigenvalue weighted by Crippen LogP contribution is 2.51. The molecule has 2 atom stereocenters. The quantitative estimate of drug-likeness (QED) is 0.199. The number of thiophene rings is 1. The Labute approximate surface area is 185 Å². The van der Waals surface area contributed by atoms with E-state index >= 15 is 0 Å². The van der Waals surface area contributed by atoms with Crippen LogP contribution in [0.4, 0.5) is 0 Å². The van der Waals surface area contributed by atoms with Gasteiger partial charge in [-0.1, -0.05) is 60.7 Å². The van der Waals surface area contributed by atoms with Crippen molar-refractivity contribution in [2.75, 3.05) is 0 Å². The van der Waals surface area contributed by atoms with Gasteiger partial charge in [0.2, 0.25) is 0 Å². The maximum atomic E-state index is 10.8. The van der Waals surface area contributed by atoms with Crippen LogP contribution in [0.1, 0.15) is 16.5 Å². The van der Waals surface area contributed by atoms with Crippen molar-refractivity contribution in [3.63, 3.8) is 0 Å². The Kier molecular flexibility index (Phi) is 3.39. The van der Waals surface area contributed by atoms with Crippen LogP contribution < -0.4 is 0 Å². The molecule has 0 fully saturated rings. The molecule has 2 aromatic heterocycles. The van der Waals surface area contributed by atoms with Crippen molar-refractivity contribution >= 4 is 70.5 Å². The van der Waals surface area contributed by atoms with E-state index in [9.17, 15) is 20.4 Å². The zero-order valence-corrected chi connectivity index (χ0v) is 17.4. The third-order valence-corrected chi connectivity index (χ3v) is 7.93. The molecule has 1 aliphatic carbocycles. The minimum Gasteiger partial charge on any atom is -0.506 e. The predicted molar refractivity (Wildman–Crippen MR) is 129 cm³/mol. The van der Waals surface area contributed by atoms with Gasteiger partial charge >= 0.3 is 0 Å². The zero-order valence-electron chi connectivity index (χ0n) is 16.6. The van der Waals surface area contributed by atoms with E-state index in [0.29, 0.717) is 10.4 Å². The summed E-state index contributed by atoms with van der Waals surface area (Å²) < 4.78 is 0.872. The van der Waals surface area contributed by atoms with Gasteiger partial charge in [0, 0.05) is 32.0 Å². The van der Waals surface area contributed by atoms with E-state index in [1.165, 1.54) is 11.3 Å². The molecule has 2 unspecified atom stereocenters. The molecule has 7 rings (SSSR count). The minimum absolute atomic E-state index is 0.380. The van der Waals surface area contributed by atoms with E-state index in [4.69, 9.17) is 0 Å². The van der Waals surface area contributed by atoms with Gasteiger partial charge in [0.15, 0.2) is 11.5 Å². The number of fused-ring (bicyclic) bond motifs is 12. The van der Waals surface area contributed by atoms with E-state index in [0.717, 1.165) is 53.4 Å². The maximum Gasteiger partial charge on any atom is 0.166 e. The van der Waals surface area contributed by atoms with E-state index < -0.39 is 18.0 Å². The smallest absolute Gasteiger partial charge is 0.166 e. The molecule has 6 heteroatoms. The molecule has 1 aliphatic rings. The van der Waals surface area contributed by atoms with Gasteiger partial charge in [0.05, 0.1) is 15.7 Å². The number of benzene rings is 4. The molecule has 5 nitrogen and oxygen atoms in total. The number of aromatic amines is 1. The number of aromatic nitrogens is 1. The Hall–Kier alpha value is -3.58. The Bertz CT molecular complexity index is 1790. The minimum atomic E-state index is -1.55. The molecule has 156 valence electrons. The number of aliphatic hydroxyl groups is 4. The first-order valence-electron chi connectivity index (χ1n) is 10.3. The molecular formula is C26H17NO4S. The Morgan fingerprint density at radius 3 is 2.16 bits per heavy atom. The molecule has 6 aromatic rings. The lowest BCUT2D eigenvalue weighted by Crippen LogP contribution is -2.25. The van der Waals surface area contributed by atoms with Crippen molar-refractivity contribution < 1.29 is 20.4 Å². The van der Waals surface area contributed by atoms with Gasteiger partial charge in [-0.2, -0.15) is 0 Å². The van der Waals surface area contributed by atoms with Crippen LogP contribution >= 0.6 is 11.3 Å². The van der Waals surface area contributed by atoms with E-state index in [-0.39, 0.29) is 5.76 Å². The number of nitrogens with one attached hydrogen (secondary N) is 1. The molecule has 0 bridgehead atoms. The Morgan fingerprint density at radius 2 is 1.38 bits per heavy atom. The lowest BCUT2D eigenvalue weighted by atomic mass is 9.92. The average molecular weight is 439 g/mol. The third-order valence-electron chi connectivity index (χ3n) is 6.65. The zero-order chi connectivity index (χ0) is 21.7. The van der Waals surface area contributed by atoms with Crippen LogP contribution in [-0.2, 0) is 0 Å². The summed E-state index contributed by atoms with van der Waals surface area (Å²) >= 11 is 1.34. The highest BCUT2D eigenvalue weighted by Gasteiger charge is 2.37. The van der Waals surface area contributed by atoms with Crippen molar-refractivity contribution in [2.45, 2.75) is 12.2 Å². The second-order valence-electron chi connectivity index (χ2n) is 8.30. The first-order chi connectivity index (χ1) is 15.6. The standard InChI is InChI=1S/C26H17NO4S/c28-21-18-17-14-8-4-3-7-13(14)16-15-10-9-11-5-1-2-6-12(11)19(15)27-20(16)25(17)32-26(18)24(31)23(30)22(21)29/h1-10,23-24,27-31H. The molecular weight excluding hydrogens is 422 g/mol. The Morgan fingerprint density at radius 1 is 0.688 bits per heavy atom. The molecule has 0 radical (unpaired) electrons. The third kappa shape index (κ3) is 2.04. The number of hydrogen-bond donors (Lipinski definition) is 5. The summed E-state index contributed by atoms with van der Waals surface area (Å²) in [7, 11) is 0. The normalized spacial score (nSPS) is 19.1. The van der Waals surface area contributed by atoms with Crippen molar-refractivity contribution in [3.8, 4) is 0 Å². The fraction of sp³-hybridized carbons (Fsp3) is 0.0769. The topological polar surface area (TPSA) is 96.7 Å². The number of hydrogen-bond acceptors (Lipinski definition) is 5. The van der Waals surface area contributed by atoms with E-state index in [1.807, 2.05) is 30.3 Å². The number of H-pyrrole nitrogens is 1. The number of rotatable bonds is 0. The predicted octanol–water partition coefficient (Wildman–Crippen LogP) is 6.03. The fourth-order valence-corrected chi connectivity index (χ4v) is 6.53. The van der Waals surface area contributed by atoms with Gasteiger partial charge in [-0.3, -0.25) is 0 Å². The highest BCUT2D eigenvalue weighted by atomic mass is 32.1. The van der Waals surface area contributed by atoms with Crippen LogP contribution in [0.5, 0.6) is 0 Å². The van der Waals surface area contributed by atoms with Crippen LogP contribution in [0.25, 0.3) is 59.2 Å². The van der Waals surface area contributed by atoms with Gasteiger partial charge in [-0.25, -0.2) is 0 Å². The maximum absolute atomic E-state index is 10.8. The van der Waals surface area contributed by atoms with Gasteiger partial charge in [-0.05, 0) is 16.2 Å². The number of aliphatic hydroxyl groups excluding tert-OH is 4. The van der Waals surface area contributed by atoms with Crippen LogP contribution in [-0.4, -0.2) is 31.5 Å². The van der Waals surface area contributed by atoms with Crippen molar-refractivity contribution in [3.05, 3.63) is 76.9 Å². The fourth-order valence-electron chi connectivity index (χ4n) is 5.19. The lowest BCUT2D eigenvalue weighted by Gasteiger charge is -2.23. The molecule has 32 heavy (non-hydrogen) atoms. The van der Waals surface area contributed by atoms with Gasteiger partial charge in [0.1, 0.15) is 12.2 Å². The summed E-state index contributed by atoms with van der Waals surface area (Å²) in [5.41, 5.74) is 2.34. The first kappa shape index (κ1) is 18.0. The van der Waals surface area contributed by atoms with Gasteiger partial charge < -0.3 is 25.4 Å². The molecule has 0 amide bonds. The first-order valence-corrected chi connectivity index (χ1v) is 11.2. The summed E-state index contributed by atoms with van der Waals surface area (Å²) in [5, 5.41) is 49.1. The molecule has 0 aliphatic heterocycles. The molecule has 0 saturated carbocycles. The molecule has 5 N–H and O–H groups in total. The second kappa shape index (κ2) is 6.01. The van der Waals surface area contributed by atoms with Crippen molar-refractivity contribution in [1.29, 1.82) is 0 Å². The molecule has 2 heterocycles. The van der Waals surface area contributed by atoms with Crippen molar-refractivity contribution in [1.82, 2.24) is 4.98 Å². The van der Waals surface area contributed by atoms with Crippen LogP contribution in [0.15, 0.2) is 66.4 Å². The summed E-state index contributed by atoms with van der Waals surface area (Å²) in [6, 6.07) is 20.4. The highest BCUT2D eigenvalue weighted by molar-refractivity contribution is 7.20. The lowest BCUT2D eigenvalue weighted by molar-refractivity contribution is 0.0147. The van der Waals surface area contributed by atoms with Crippen molar-refractivity contribution in [2.24, 2.45) is 0 Å². The Balaban J connectivity index is 1.78. The van der Waals surface area contributed by atoms with Gasteiger partial charge in [0.25, 0.3) is 0 Å². The average Bonchev–Trinajstić information content (AvgIpc) is 3.41. The molecule has 0 spiro atoms. The second-order valence-corrected chi connectivity index (χ2v) is 9.35. The van der Waals surface area contributed by atoms with E-state index in [1.54, 1.807) is 0 Å². The summed E-state index contributed by atoms with van der Waals surface area (Å²) in [5.74, 6) is -0.980.